The zero-order valence-electron chi connectivity index (χ0n) is 17.1. The first kappa shape index (κ1) is 21.4. The highest BCUT2D eigenvalue weighted by Gasteiger charge is 2.57. The standard InChI is InChI=1S/C22H29Cl2NO3/c1-5-11-22(19(26)14-6-8-16(23)17(24)13-14)12-10-15-7-9-18(22)25(15)20(27)28-21(2,3)4/h6,8,13,15,18H,5,7,9-12H2,1-4H3/t15-,18+,22-/m0/s1. The number of Topliss-reactive ketones (excluding diaryl/α,β-unsaturated/α-hetero) is 1. The van der Waals surface area contributed by atoms with Gasteiger partial charge in [0.15, 0.2) is 5.78 Å². The molecule has 28 heavy (non-hydrogen) atoms. The van der Waals surface area contributed by atoms with Gasteiger partial charge in [0.05, 0.1) is 15.5 Å². The van der Waals surface area contributed by atoms with E-state index in [2.05, 4.69) is 6.92 Å². The van der Waals surface area contributed by atoms with E-state index in [-0.39, 0.29) is 24.0 Å². The van der Waals surface area contributed by atoms with Gasteiger partial charge in [0, 0.05) is 17.6 Å². The molecule has 2 aliphatic heterocycles. The lowest BCUT2D eigenvalue weighted by Gasteiger charge is -2.48. The van der Waals surface area contributed by atoms with E-state index in [0.717, 1.165) is 38.5 Å². The van der Waals surface area contributed by atoms with Gasteiger partial charge < -0.3 is 9.64 Å². The number of halogens is 2. The quantitative estimate of drug-likeness (QED) is 0.515. The summed E-state index contributed by atoms with van der Waals surface area (Å²) in [6.07, 6.45) is 4.67. The van der Waals surface area contributed by atoms with E-state index in [1.54, 1.807) is 18.2 Å². The summed E-state index contributed by atoms with van der Waals surface area (Å²) in [4.78, 5) is 28.6. The number of fused-ring (bicyclic) bond motifs is 2. The lowest BCUT2D eigenvalue weighted by Crippen LogP contribution is -2.57. The number of nitrogens with zero attached hydrogens (tertiary/aromatic N) is 1. The predicted octanol–water partition coefficient (Wildman–Crippen LogP) is 6.52. The summed E-state index contributed by atoms with van der Waals surface area (Å²) in [6.45, 7) is 7.70. The molecule has 2 heterocycles. The van der Waals surface area contributed by atoms with Gasteiger partial charge >= 0.3 is 6.09 Å². The average Bonchev–Trinajstić information content (AvgIpc) is 2.95. The number of ether oxygens (including phenoxy) is 1. The fourth-order valence-corrected chi connectivity index (χ4v) is 5.23. The van der Waals surface area contributed by atoms with Crippen molar-refractivity contribution < 1.29 is 14.3 Å². The summed E-state index contributed by atoms with van der Waals surface area (Å²) < 4.78 is 5.69. The highest BCUT2D eigenvalue weighted by Crippen LogP contribution is 2.51. The Kier molecular flexibility index (Phi) is 6.03. The van der Waals surface area contributed by atoms with Crippen LogP contribution < -0.4 is 0 Å². The van der Waals surface area contributed by atoms with Crippen molar-refractivity contribution in [3.63, 3.8) is 0 Å². The molecule has 0 aromatic heterocycles. The summed E-state index contributed by atoms with van der Waals surface area (Å²) >= 11 is 12.2. The normalized spacial score (nSPS) is 27.0. The first-order valence-corrected chi connectivity index (χ1v) is 10.9. The third-order valence-electron chi connectivity index (χ3n) is 6.00. The number of rotatable bonds is 4. The van der Waals surface area contributed by atoms with Gasteiger partial charge in [-0.2, -0.15) is 0 Å². The molecular formula is C22H29Cl2NO3. The number of hydrogen-bond acceptors (Lipinski definition) is 3. The smallest absolute Gasteiger partial charge is 0.410 e. The van der Waals surface area contributed by atoms with Crippen molar-refractivity contribution in [2.24, 2.45) is 5.41 Å². The maximum atomic E-state index is 13.7. The lowest BCUT2D eigenvalue weighted by molar-refractivity contribution is -0.0198. The topological polar surface area (TPSA) is 46.6 Å². The van der Waals surface area contributed by atoms with Crippen molar-refractivity contribution in [1.82, 2.24) is 4.90 Å². The van der Waals surface area contributed by atoms with Crippen LogP contribution in [0.3, 0.4) is 0 Å². The number of carbonyl (C=O) groups excluding carboxylic acids is 2. The maximum Gasteiger partial charge on any atom is 0.410 e. The molecule has 2 aliphatic rings. The zero-order chi connectivity index (χ0) is 20.7. The predicted molar refractivity (Wildman–Crippen MR) is 112 cm³/mol. The van der Waals surface area contributed by atoms with Crippen LogP contribution in [0.4, 0.5) is 4.79 Å². The summed E-state index contributed by atoms with van der Waals surface area (Å²) in [5.41, 5.74) is -0.595. The minimum absolute atomic E-state index is 0.0619. The second-order valence-corrected chi connectivity index (χ2v) is 9.85. The van der Waals surface area contributed by atoms with Gasteiger partial charge in [-0.1, -0.05) is 36.5 Å². The van der Waals surface area contributed by atoms with Crippen molar-refractivity contribution >= 4 is 35.1 Å². The van der Waals surface area contributed by atoms with E-state index >= 15 is 0 Å². The summed E-state index contributed by atoms with van der Waals surface area (Å²) in [5.74, 6) is 0.0619. The third kappa shape index (κ3) is 3.91. The zero-order valence-corrected chi connectivity index (χ0v) is 18.6. The van der Waals surface area contributed by atoms with Crippen LogP contribution >= 0.6 is 23.2 Å². The molecular weight excluding hydrogens is 397 g/mol. The minimum atomic E-state index is -0.601. The Morgan fingerprint density at radius 1 is 1.18 bits per heavy atom. The second-order valence-electron chi connectivity index (χ2n) is 9.04. The van der Waals surface area contributed by atoms with Gasteiger partial charge in [0.1, 0.15) is 5.60 Å². The molecule has 2 saturated heterocycles. The molecule has 0 radical (unpaired) electrons. The molecule has 2 fully saturated rings. The average molecular weight is 426 g/mol. The Hall–Kier alpha value is -1.26. The van der Waals surface area contributed by atoms with Crippen LogP contribution in [0.15, 0.2) is 18.2 Å². The van der Waals surface area contributed by atoms with Gasteiger partial charge in [-0.15, -0.1) is 0 Å². The van der Waals surface area contributed by atoms with Gasteiger partial charge in [0.2, 0.25) is 0 Å². The Balaban J connectivity index is 1.98. The van der Waals surface area contributed by atoms with E-state index in [1.807, 2.05) is 25.7 Å². The Morgan fingerprint density at radius 3 is 2.50 bits per heavy atom. The van der Waals surface area contributed by atoms with Crippen LogP contribution in [-0.2, 0) is 4.74 Å². The highest BCUT2D eigenvalue weighted by molar-refractivity contribution is 6.42. The molecule has 2 bridgehead atoms. The lowest BCUT2D eigenvalue weighted by atomic mass is 9.66. The van der Waals surface area contributed by atoms with Gasteiger partial charge in [-0.25, -0.2) is 4.79 Å². The SMILES string of the molecule is CCC[C@]1(C(=O)c2ccc(Cl)c(Cl)c2)CC[C@@H]2CC[C@H]1N2C(=O)OC(C)(C)C. The Morgan fingerprint density at radius 2 is 1.89 bits per heavy atom. The fraction of sp³-hybridized carbons (Fsp3) is 0.636. The van der Waals surface area contributed by atoms with Gasteiger partial charge in [-0.05, 0) is 71.1 Å². The molecule has 1 aromatic carbocycles. The largest absolute Gasteiger partial charge is 0.444 e. The number of piperidine rings is 1. The molecule has 0 saturated carbocycles. The fourth-order valence-electron chi connectivity index (χ4n) is 4.93. The van der Waals surface area contributed by atoms with Crippen molar-refractivity contribution in [3.8, 4) is 0 Å². The van der Waals surface area contributed by atoms with Crippen molar-refractivity contribution in [1.29, 1.82) is 0 Å². The maximum absolute atomic E-state index is 13.7. The number of carbonyl (C=O) groups is 2. The molecule has 1 amide bonds. The van der Waals surface area contributed by atoms with Crippen LogP contribution in [0.2, 0.25) is 10.0 Å². The van der Waals surface area contributed by atoms with Gasteiger partial charge in [-0.3, -0.25) is 4.79 Å². The molecule has 3 atom stereocenters. The van der Waals surface area contributed by atoms with Crippen LogP contribution in [-0.4, -0.2) is 34.5 Å². The van der Waals surface area contributed by atoms with Crippen LogP contribution in [0.5, 0.6) is 0 Å². The molecule has 154 valence electrons. The van der Waals surface area contributed by atoms with E-state index in [9.17, 15) is 9.59 Å². The number of benzene rings is 1. The first-order chi connectivity index (χ1) is 13.1. The van der Waals surface area contributed by atoms with Crippen LogP contribution in [0, 0.1) is 5.41 Å². The summed E-state index contributed by atoms with van der Waals surface area (Å²) in [6, 6.07) is 5.09. The molecule has 6 heteroatoms. The number of hydrogen-bond donors (Lipinski definition) is 0. The van der Waals surface area contributed by atoms with Crippen LogP contribution in [0.25, 0.3) is 0 Å². The van der Waals surface area contributed by atoms with Crippen LogP contribution in [0.1, 0.15) is 76.6 Å². The Labute approximate surface area is 177 Å². The highest BCUT2D eigenvalue weighted by atomic mass is 35.5. The number of amides is 1. The monoisotopic (exact) mass is 425 g/mol. The molecule has 4 nitrogen and oxygen atoms in total. The summed E-state index contributed by atoms with van der Waals surface area (Å²) in [5, 5.41) is 0.811. The molecule has 0 N–H and O–H groups in total. The molecule has 3 rings (SSSR count). The molecule has 0 aliphatic carbocycles. The van der Waals surface area contributed by atoms with Gasteiger partial charge in [0.25, 0.3) is 0 Å². The van der Waals surface area contributed by atoms with Crippen molar-refractivity contribution in [2.45, 2.75) is 83.9 Å². The van der Waals surface area contributed by atoms with E-state index < -0.39 is 11.0 Å². The van der Waals surface area contributed by atoms with E-state index in [0.29, 0.717) is 15.6 Å². The minimum Gasteiger partial charge on any atom is -0.444 e. The summed E-state index contributed by atoms with van der Waals surface area (Å²) in [7, 11) is 0. The van der Waals surface area contributed by atoms with E-state index in [4.69, 9.17) is 27.9 Å². The first-order valence-electron chi connectivity index (χ1n) is 10.1. The van der Waals surface area contributed by atoms with E-state index in [1.165, 1.54) is 0 Å². The Bertz CT molecular complexity index is 774. The third-order valence-corrected chi connectivity index (χ3v) is 6.74. The second kappa shape index (κ2) is 7.87. The molecule has 1 aromatic rings. The number of ketones is 1. The van der Waals surface area contributed by atoms with Crippen molar-refractivity contribution in [3.05, 3.63) is 33.8 Å². The molecule has 0 unspecified atom stereocenters. The van der Waals surface area contributed by atoms with Crippen molar-refractivity contribution in [2.75, 3.05) is 0 Å². The molecule has 0 spiro atoms.